The molecule has 0 amide bonds. The lowest BCUT2D eigenvalue weighted by molar-refractivity contribution is -0.120. The summed E-state index contributed by atoms with van der Waals surface area (Å²) in [6, 6.07) is 2.15. The Morgan fingerprint density at radius 2 is 2.19 bits per heavy atom. The molecule has 0 atom stereocenters. The maximum atomic E-state index is 11.1. The van der Waals surface area contributed by atoms with Crippen LogP contribution in [0.3, 0.4) is 0 Å². The molecule has 1 aliphatic rings. The molecular weight excluding hydrogens is 286 g/mol. The van der Waals surface area contributed by atoms with Crippen LogP contribution in [-0.2, 0) is 4.79 Å². The van der Waals surface area contributed by atoms with Crippen molar-refractivity contribution in [2.45, 2.75) is 25.7 Å². The average molecular weight is 302 g/mol. The first-order valence-electron chi connectivity index (χ1n) is 5.62. The lowest BCUT2D eigenvalue weighted by Gasteiger charge is -2.26. The summed E-state index contributed by atoms with van der Waals surface area (Å²) >= 11 is 5.23. The van der Waals surface area contributed by atoms with Crippen LogP contribution in [0.4, 0.5) is 5.00 Å². The highest BCUT2D eigenvalue weighted by molar-refractivity contribution is 9.10. The molecular formula is C12H16BrNOS. The minimum absolute atomic E-state index is 0.442. The summed E-state index contributed by atoms with van der Waals surface area (Å²) in [4.78, 5) is 13.5. The van der Waals surface area contributed by atoms with Gasteiger partial charge in [0.2, 0.25) is 0 Å². The Kier molecular flexibility index (Phi) is 4.03. The van der Waals surface area contributed by atoms with E-state index in [9.17, 15) is 4.79 Å². The molecule has 0 saturated heterocycles. The van der Waals surface area contributed by atoms with Gasteiger partial charge in [0, 0.05) is 36.3 Å². The third-order valence-electron chi connectivity index (χ3n) is 3.12. The third-order valence-corrected chi connectivity index (χ3v) is 4.93. The van der Waals surface area contributed by atoms with Crippen molar-refractivity contribution in [3.8, 4) is 0 Å². The number of thiophene rings is 1. The fourth-order valence-corrected chi connectivity index (χ4v) is 3.56. The molecule has 2 nitrogen and oxygen atoms in total. The van der Waals surface area contributed by atoms with Crippen LogP contribution >= 0.6 is 27.3 Å². The normalized spacial score (nSPS) is 17.8. The largest absolute Gasteiger partial charge is 0.366 e. The zero-order valence-corrected chi connectivity index (χ0v) is 11.8. The number of hydrogen-bond acceptors (Lipinski definition) is 3. The molecule has 0 bridgehead atoms. The molecule has 0 radical (unpaired) electrons. The van der Waals surface area contributed by atoms with E-state index in [4.69, 9.17) is 0 Å². The number of carbonyl (C=O) groups excluding carboxylic acids is 1. The number of rotatable bonds is 3. The molecule has 1 fully saturated rings. The van der Waals surface area contributed by atoms with E-state index >= 15 is 0 Å². The SMILES string of the molecule is CN(CC1CCC(=O)CC1)c1cc(Br)cs1. The van der Waals surface area contributed by atoms with Crippen LogP contribution in [0.5, 0.6) is 0 Å². The summed E-state index contributed by atoms with van der Waals surface area (Å²) in [7, 11) is 2.13. The van der Waals surface area contributed by atoms with Crippen molar-refractivity contribution in [2.24, 2.45) is 5.92 Å². The molecule has 4 heteroatoms. The van der Waals surface area contributed by atoms with Gasteiger partial charge in [0.25, 0.3) is 0 Å². The van der Waals surface area contributed by atoms with Gasteiger partial charge < -0.3 is 4.90 Å². The van der Waals surface area contributed by atoms with Crippen LogP contribution in [0, 0.1) is 5.92 Å². The number of carbonyl (C=O) groups is 1. The molecule has 1 aliphatic carbocycles. The highest BCUT2D eigenvalue weighted by Crippen LogP contribution is 2.30. The molecule has 0 unspecified atom stereocenters. The summed E-state index contributed by atoms with van der Waals surface area (Å²) in [5, 5.41) is 3.40. The molecule has 2 rings (SSSR count). The minimum Gasteiger partial charge on any atom is -0.366 e. The number of halogens is 1. The van der Waals surface area contributed by atoms with Crippen molar-refractivity contribution in [3.63, 3.8) is 0 Å². The second-order valence-corrected chi connectivity index (χ2v) is 6.27. The van der Waals surface area contributed by atoms with Crippen LogP contribution in [0.25, 0.3) is 0 Å². The Labute approximate surface area is 109 Å². The topological polar surface area (TPSA) is 20.3 Å². The molecule has 16 heavy (non-hydrogen) atoms. The first-order valence-corrected chi connectivity index (χ1v) is 7.29. The van der Waals surface area contributed by atoms with E-state index in [1.54, 1.807) is 11.3 Å². The molecule has 1 aromatic rings. The van der Waals surface area contributed by atoms with Gasteiger partial charge in [0.15, 0.2) is 0 Å². The first kappa shape index (κ1) is 12.1. The van der Waals surface area contributed by atoms with Gasteiger partial charge in [-0.3, -0.25) is 4.79 Å². The number of Topliss-reactive ketones (excluding diaryl/α,β-unsaturated/α-hetero) is 1. The second-order valence-electron chi connectivity index (χ2n) is 4.47. The van der Waals surface area contributed by atoms with E-state index in [-0.39, 0.29) is 0 Å². The van der Waals surface area contributed by atoms with E-state index in [1.165, 1.54) is 5.00 Å². The smallest absolute Gasteiger partial charge is 0.132 e. The van der Waals surface area contributed by atoms with Crippen LogP contribution in [-0.4, -0.2) is 19.4 Å². The average Bonchev–Trinajstić information content (AvgIpc) is 2.68. The monoisotopic (exact) mass is 301 g/mol. The Hall–Kier alpha value is -0.350. The zero-order chi connectivity index (χ0) is 11.5. The summed E-state index contributed by atoms with van der Waals surface area (Å²) in [5.74, 6) is 1.13. The predicted octanol–water partition coefficient (Wildman–Crippen LogP) is 3.71. The number of anilines is 1. The van der Waals surface area contributed by atoms with Gasteiger partial charge in [-0.25, -0.2) is 0 Å². The van der Waals surface area contributed by atoms with Gasteiger partial charge in [-0.2, -0.15) is 0 Å². The van der Waals surface area contributed by atoms with Crippen LogP contribution in [0.2, 0.25) is 0 Å². The molecule has 0 N–H and O–H groups in total. The molecule has 1 saturated carbocycles. The van der Waals surface area contributed by atoms with Gasteiger partial charge in [0.05, 0.1) is 5.00 Å². The summed E-state index contributed by atoms with van der Waals surface area (Å²) < 4.78 is 1.15. The van der Waals surface area contributed by atoms with Gasteiger partial charge >= 0.3 is 0 Å². The van der Waals surface area contributed by atoms with Crippen molar-refractivity contribution in [1.29, 1.82) is 0 Å². The zero-order valence-electron chi connectivity index (χ0n) is 9.41. The molecule has 0 spiro atoms. The number of ketones is 1. The number of hydrogen-bond donors (Lipinski definition) is 0. The molecule has 88 valence electrons. The summed E-state index contributed by atoms with van der Waals surface area (Å²) in [6.07, 6.45) is 3.70. The van der Waals surface area contributed by atoms with E-state index in [1.807, 2.05) is 0 Å². The van der Waals surface area contributed by atoms with Gasteiger partial charge in [-0.15, -0.1) is 11.3 Å². The first-order chi connectivity index (χ1) is 7.65. The molecule has 1 aromatic heterocycles. The lowest BCUT2D eigenvalue weighted by Crippen LogP contribution is -2.27. The quantitative estimate of drug-likeness (QED) is 0.848. The van der Waals surface area contributed by atoms with Crippen molar-refractivity contribution < 1.29 is 4.79 Å². The van der Waals surface area contributed by atoms with Crippen LogP contribution in [0.1, 0.15) is 25.7 Å². The Morgan fingerprint density at radius 1 is 1.50 bits per heavy atom. The van der Waals surface area contributed by atoms with Gasteiger partial charge in [0.1, 0.15) is 5.78 Å². The van der Waals surface area contributed by atoms with Crippen molar-refractivity contribution >= 4 is 38.1 Å². The van der Waals surface area contributed by atoms with Crippen molar-refractivity contribution in [1.82, 2.24) is 0 Å². The third kappa shape index (κ3) is 3.08. The molecule has 1 heterocycles. The Bertz CT molecular complexity index is 367. The van der Waals surface area contributed by atoms with Crippen LogP contribution in [0.15, 0.2) is 15.9 Å². The van der Waals surface area contributed by atoms with E-state index in [0.717, 1.165) is 36.7 Å². The van der Waals surface area contributed by atoms with Gasteiger partial charge in [-0.05, 0) is 40.8 Å². The second kappa shape index (κ2) is 5.32. The maximum absolute atomic E-state index is 11.1. The minimum atomic E-state index is 0.442. The molecule has 0 aliphatic heterocycles. The Morgan fingerprint density at radius 3 is 2.75 bits per heavy atom. The fourth-order valence-electron chi connectivity index (χ4n) is 2.16. The fraction of sp³-hybridized carbons (Fsp3) is 0.583. The van der Waals surface area contributed by atoms with E-state index in [0.29, 0.717) is 11.7 Å². The highest BCUT2D eigenvalue weighted by Gasteiger charge is 2.20. The Balaban J connectivity index is 1.87. The van der Waals surface area contributed by atoms with Crippen molar-refractivity contribution in [3.05, 3.63) is 15.9 Å². The van der Waals surface area contributed by atoms with Crippen molar-refractivity contribution in [2.75, 3.05) is 18.5 Å². The van der Waals surface area contributed by atoms with E-state index < -0.39 is 0 Å². The van der Waals surface area contributed by atoms with Crippen LogP contribution < -0.4 is 4.90 Å². The summed E-state index contributed by atoms with van der Waals surface area (Å²) in [5.41, 5.74) is 0. The maximum Gasteiger partial charge on any atom is 0.132 e. The molecule has 0 aromatic carbocycles. The lowest BCUT2D eigenvalue weighted by atomic mass is 9.88. The summed E-state index contributed by atoms with van der Waals surface area (Å²) in [6.45, 7) is 1.07. The standard InChI is InChI=1S/C12H16BrNOS/c1-14(12-6-10(13)8-16-12)7-9-2-4-11(15)5-3-9/h6,8-9H,2-5,7H2,1H3. The number of nitrogens with zero attached hydrogens (tertiary/aromatic N) is 1. The van der Waals surface area contributed by atoms with E-state index in [2.05, 4.69) is 39.3 Å². The predicted molar refractivity (Wildman–Crippen MR) is 72.3 cm³/mol. The van der Waals surface area contributed by atoms with Gasteiger partial charge in [-0.1, -0.05) is 0 Å². The highest BCUT2D eigenvalue weighted by atomic mass is 79.9.